The van der Waals surface area contributed by atoms with E-state index in [2.05, 4.69) is 10.6 Å². The van der Waals surface area contributed by atoms with Crippen molar-refractivity contribution in [1.29, 1.82) is 0 Å². The molecule has 0 bridgehead atoms. The first-order chi connectivity index (χ1) is 13.3. The molecule has 0 radical (unpaired) electrons. The minimum absolute atomic E-state index is 0.0592. The average Bonchev–Trinajstić information content (AvgIpc) is 2.65. The van der Waals surface area contributed by atoms with Gasteiger partial charge in [-0.1, -0.05) is 38.1 Å². The minimum Gasteiger partial charge on any atom is -0.347 e. The summed E-state index contributed by atoms with van der Waals surface area (Å²) in [6.45, 7) is 3.36. The number of hydrogen-bond acceptors (Lipinski definition) is 3. The zero-order valence-corrected chi connectivity index (χ0v) is 15.9. The van der Waals surface area contributed by atoms with E-state index in [4.69, 9.17) is 5.73 Å². The number of carbonyl (C=O) groups excluding carboxylic acids is 2. The molecule has 2 aromatic carbocycles. The Balaban J connectivity index is 2.09. The van der Waals surface area contributed by atoms with Gasteiger partial charge in [0, 0.05) is 0 Å². The molecule has 0 saturated carbocycles. The predicted octanol–water partition coefficient (Wildman–Crippen LogP) is 2.46. The van der Waals surface area contributed by atoms with Crippen LogP contribution in [0.15, 0.2) is 48.5 Å². The van der Waals surface area contributed by atoms with Crippen molar-refractivity contribution in [2.75, 3.05) is 6.54 Å². The van der Waals surface area contributed by atoms with Crippen molar-refractivity contribution >= 4 is 11.8 Å². The van der Waals surface area contributed by atoms with Crippen LogP contribution in [0.4, 0.5) is 8.78 Å². The largest absolute Gasteiger partial charge is 0.347 e. The Labute approximate surface area is 163 Å². The lowest BCUT2D eigenvalue weighted by molar-refractivity contribution is -0.127. The molecule has 7 heteroatoms. The summed E-state index contributed by atoms with van der Waals surface area (Å²) in [5, 5.41) is 5.26. The molecule has 2 rings (SSSR count). The van der Waals surface area contributed by atoms with E-state index in [1.54, 1.807) is 24.3 Å². The van der Waals surface area contributed by atoms with Gasteiger partial charge < -0.3 is 16.4 Å². The zero-order valence-electron chi connectivity index (χ0n) is 15.9. The fourth-order valence-corrected chi connectivity index (χ4v) is 2.71. The second kappa shape index (κ2) is 9.94. The van der Waals surface area contributed by atoms with Crippen LogP contribution in [0.2, 0.25) is 0 Å². The molecule has 28 heavy (non-hydrogen) atoms. The molecule has 2 aromatic rings. The van der Waals surface area contributed by atoms with Crippen LogP contribution >= 0.6 is 0 Å². The first kappa shape index (κ1) is 21.5. The van der Waals surface area contributed by atoms with Gasteiger partial charge in [0.2, 0.25) is 11.8 Å². The van der Waals surface area contributed by atoms with E-state index in [1.807, 2.05) is 13.8 Å². The topological polar surface area (TPSA) is 84.2 Å². The van der Waals surface area contributed by atoms with Crippen LogP contribution in [-0.2, 0) is 16.0 Å². The summed E-state index contributed by atoms with van der Waals surface area (Å²) in [6, 6.07) is 10.5. The number of halogens is 2. The summed E-state index contributed by atoms with van der Waals surface area (Å²) in [7, 11) is 0. The normalized spacial score (nSPS) is 13.1. The van der Waals surface area contributed by atoms with Crippen LogP contribution in [-0.4, -0.2) is 24.4 Å². The van der Waals surface area contributed by atoms with Crippen LogP contribution in [0.3, 0.4) is 0 Å². The summed E-state index contributed by atoms with van der Waals surface area (Å²) in [5.74, 6) is -1.76. The molecule has 1 unspecified atom stereocenters. The monoisotopic (exact) mass is 389 g/mol. The number of nitrogens with two attached hydrogens (primary N) is 1. The molecule has 0 heterocycles. The van der Waals surface area contributed by atoms with Crippen molar-refractivity contribution in [3.05, 3.63) is 71.3 Å². The number of carbonyl (C=O) groups is 2. The van der Waals surface area contributed by atoms with Gasteiger partial charge in [0.05, 0.1) is 18.6 Å². The average molecular weight is 389 g/mol. The Morgan fingerprint density at radius 2 is 1.68 bits per heavy atom. The third-order valence-corrected chi connectivity index (χ3v) is 4.36. The van der Waals surface area contributed by atoms with Crippen LogP contribution in [0.1, 0.15) is 31.0 Å². The summed E-state index contributed by atoms with van der Waals surface area (Å²) in [6.07, 6.45) is 0.270. The van der Waals surface area contributed by atoms with Crippen LogP contribution in [0.5, 0.6) is 0 Å². The van der Waals surface area contributed by atoms with Crippen LogP contribution < -0.4 is 16.4 Å². The Kier molecular flexibility index (Phi) is 7.63. The molecule has 2 amide bonds. The van der Waals surface area contributed by atoms with E-state index in [-0.39, 0.29) is 18.9 Å². The van der Waals surface area contributed by atoms with Gasteiger partial charge in [0.1, 0.15) is 11.6 Å². The molecule has 0 aliphatic rings. The number of nitrogens with one attached hydrogen (secondary N) is 2. The fraction of sp³-hybridized carbons (Fsp3) is 0.333. The lowest BCUT2D eigenvalue weighted by Gasteiger charge is -2.21. The number of rotatable bonds is 8. The summed E-state index contributed by atoms with van der Waals surface area (Å²) >= 11 is 0. The lowest BCUT2D eigenvalue weighted by Crippen LogP contribution is -2.47. The molecule has 4 N–H and O–H groups in total. The molecule has 0 spiro atoms. The van der Waals surface area contributed by atoms with Gasteiger partial charge in [0.15, 0.2) is 0 Å². The Hall–Kier alpha value is -2.80. The first-order valence-electron chi connectivity index (χ1n) is 9.09. The van der Waals surface area contributed by atoms with Gasteiger partial charge in [-0.3, -0.25) is 9.59 Å². The third-order valence-electron chi connectivity index (χ3n) is 4.36. The summed E-state index contributed by atoms with van der Waals surface area (Å²) in [5.41, 5.74) is 6.95. The van der Waals surface area contributed by atoms with E-state index < -0.39 is 35.5 Å². The second-order valence-corrected chi connectivity index (χ2v) is 7.00. The van der Waals surface area contributed by atoms with Crippen LogP contribution in [0.25, 0.3) is 0 Å². The maximum atomic E-state index is 13.6. The van der Waals surface area contributed by atoms with Crippen molar-refractivity contribution in [3.63, 3.8) is 0 Å². The van der Waals surface area contributed by atoms with E-state index in [0.717, 1.165) is 0 Å². The molecule has 2 atom stereocenters. The van der Waals surface area contributed by atoms with Crippen molar-refractivity contribution in [1.82, 2.24) is 10.6 Å². The Morgan fingerprint density at radius 1 is 1.04 bits per heavy atom. The van der Waals surface area contributed by atoms with E-state index in [9.17, 15) is 18.4 Å². The van der Waals surface area contributed by atoms with Gasteiger partial charge >= 0.3 is 0 Å². The molecule has 0 aliphatic carbocycles. The lowest BCUT2D eigenvalue weighted by atomic mass is 9.98. The first-order valence-corrected chi connectivity index (χ1v) is 9.09. The highest BCUT2D eigenvalue weighted by atomic mass is 19.1. The van der Waals surface area contributed by atoms with Gasteiger partial charge in [-0.15, -0.1) is 0 Å². The molecule has 0 saturated heterocycles. The summed E-state index contributed by atoms with van der Waals surface area (Å²) < 4.78 is 27.1. The number of amides is 2. The van der Waals surface area contributed by atoms with E-state index in [1.165, 1.54) is 24.3 Å². The standard InChI is InChI=1S/C21H25F2N3O2/c1-13(2)20(24)21(28)25-12-19(27)26-18(15-6-4-8-17(23)11-15)10-14-5-3-7-16(22)9-14/h3-9,11,13,18,20H,10,12,24H2,1-2H3,(H,25,28)(H,26,27)/t18?,20-/m0/s1. The number of benzene rings is 2. The fourth-order valence-electron chi connectivity index (χ4n) is 2.71. The Morgan fingerprint density at radius 3 is 2.29 bits per heavy atom. The van der Waals surface area contributed by atoms with Crippen molar-refractivity contribution in [2.24, 2.45) is 11.7 Å². The van der Waals surface area contributed by atoms with Gasteiger partial charge in [-0.2, -0.15) is 0 Å². The van der Waals surface area contributed by atoms with Gasteiger partial charge in [-0.05, 0) is 47.7 Å². The van der Waals surface area contributed by atoms with Crippen molar-refractivity contribution in [3.8, 4) is 0 Å². The smallest absolute Gasteiger partial charge is 0.239 e. The molecular weight excluding hydrogens is 364 g/mol. The van der Waals surface area contributed by atoms with Crippen molar-refractivity contribution < 1.29 is 18.4 Å². The molecule has 150 valence electrons. The predicted molar refractivity (Wildman–Crippen MR) is 103 cm³/mol. The molecular formula is C21H25F2N3O2. The highest BCUT2D eigenvalue weighted by Crippen LogP contribution is 2.20. The molecule has 0 aromatic heterocycles. The summed E-state index contributed by atoms with van der Waals surface area (Å²) in [4.78, 5) is 24.2. The highest BCUT2D eigenvalue weighted by Gasteiger charge is 2.20. The quantitative estimate of drug-likeness (QED) is 0.648. The second-order valence-electron chi connectivity index (χ2n) is 7.00. The number of hydrogen-bond donors (Lipinski definition) is 3. The van der Waals surface area contributed by atoms with E-state index in [0.29, 0.717) is 11.1 Å². The van der Waals surface area contributed by atoms with Crippen molar-refractivity contribution in [2.45, 2.75) is 32.4 Å². The molecule has 0 fully saturated rings. The maximum Gasteiger partial charge on any atom is 0.239 e. The zero-order chi connectivity index (χ0) is 20.7. The molecule has 0 aliphatic heterocycles. The van der Waals surface area contributed by atoms with E-state index >= 15 is 0 Å². The maximum absolute atomic E-state index is 13.6. The minimum atomic E-state index is -0.709. The third kappa shape index (κ3) is 6.42. The van der Waals surface area contributed by atoms with Crippen LogP contribution in [0, 0.1) is 17.6 Å². The van der Waals surface area contributed by atoms with Gasteiger partial charge in [0.25, 0.3) is 0 Å². The highest BCUT2D eigenvalue weighted by molar-refractivity contribution is 5.87. The SMILES string of the molecule is CC(C)[C@H](N)C(=O)NCC(=O)NC(Cc1cccc(F)c1)c1cccc(F)c1. The molecule has 5 nitrogen and oxygen atoms in total. The Bertz CT molecular complexity index is 827. The van der Waals surface area contributed by atoms with Gasteiger partial charge in [-0.25, -0.2) is 8.78 Å².